The number of nitrogen functional groups attached to an aromatic ring is 1. The number of fused-ring (bicyclic) bond motifs is 4. The Bertz CT molecular complexity index is 1960. The summed E-state index contributed by atoms with van der Waals surface area (Å²) in [6.45, 7) is 8.00. The molecule has 0 unspecified atom stereocenters. The Balaban J connectivity index is 1.08. The van der Waals surface area contributed by atoms with Crippen molar-refractivity contribution < 1.29 is 37.4 Å². The minimum absolute atomic E-state index is 0.0744. The average molecular weight is 765 g/mol. The maximum atomic E-state index is 15.1. The molecular formula is C39H46F2N6O6S. The highest BCUT2D eigenvalue weighted by atomic mass is 32.1. The van der Waals surface area contributed by atoms with Gasteiger partial charge in [-0.15, -0.1) is 11.3 Å². The molecule has 1 aliphatic heterocycles. The first kappa shape index (κ1) is 38.8. The topological polar surface area (TPSA) is 176 Å². The number of halogens is 2. The van der Waals surface area contributed by atoms with Crippen molar-refractivity contribution in [2.75, 3.05) is 26.3 Å². The zero-order valence-corrected chi connectivity index (χ0v) is 31.5. The molecule has 1 saturated heterocycles. The lowest BCUT2D eigenvalue weighted by atomic mass is 10.00. The fourth-order valence-corrected chi connectivity index (χ4v) is 8.22. The van der Waals surface area contributed by atoms with Crippen LogP contribution < -0.4 is 21.7 Å². The number of amides is 4. The molecule has 6 N–H and O–H groups in total. The van der Waals surface area contributed by atoms with Crippen molar-refractivity contribution in [3.05, 3.63) is 81.0 Å². The number of ether oxygens (including phenoxy) is 2. The summed E-state index contributed by atoms with van der Waals surface area (Å²) in [7, 11) is 0. The van der Waals surface area contributed by atoms with Gasteiger partial charge in [0.25, 0.3) is 11.8 Å². The van der Waals surface area contributed by atoms with E-state index in [0.29, 0.717) is 56.6 Å². The van der Waals surface area contributed by atoms with E-state index in [1.807, 2.05) is 6.92 Å². The van der Waals surface area contributed by atoms with Crippen LogP contribution in [-0.4, -0.2) is 78.5 Å². The van der Waals surface area contributed by atoms with Crippen molar-refractivity contribution in [2.24, 2.45) is 11.1 Å². The molecule has 3 aromatic rings. The van der Waals surface area contributed by atoms with Crippen molar-refractivity contribution in [3.63, 3.8) is 0 Å². The van der Waals surface area contributed by atoms with Crippen molar-refractivity contribution in [1.29, 1.82) is 5.41 Å². The standard InChI is InChI=1S/C39H46F2N6O6S/c1-22(30-16-24(20-54-30)33(42)43)46-35(50)29-17-38(21-52-14-8-7-13-44-36(51)53-37(2,3)4)18-31(38)47(29)32(48)19-45-34(49)23-11-12-28-26(15-23)25-9-5-6-10-27(25)39(28,40)41/h5-6,9-12,15-16,20,22,29,31H,7-8,13-14,17-19,21H2,1-4H3,(H3,42,43)(H,44,51)(H,45,49)(H,46,50)/t22-,29+,31+,38-/m1/s1. The zero-order chi connectivity index (χ0) is 39.0. The third-order valence-corrected chi connectivity index (χ3v) is 11.2. The van der Waals surface area contributed by atoms with Crippen LogP contribution >= 0.6 is 11.3 Å². The second-order valence-electron chi connectivity index (χ2n) is 15.2. The molecular weight excluding hydrogens is 719 g/mol. The average Bonchev–Trinajstić information content (AvgIpc) is 3.39. The summed E-state index contributed by atoms with van der Waals surface area (Å²) >= 11 is 1.37. The monoisotopic (exact) mass is 764 g/mol. The number of nitrogens with one attached hydrogen (secondary N) is 4. The summed E-state index contributed by atoms with van der Waals surface area (Å²) in [5.41, 5.74) is 5.63. The van der Waals surface area contributed by atoms with Gasteiger partial charge >= 0.3 is 6.09 Å². The maximum Gasteiger partial charge on any atom is 0.407 e. The highest BCUT2D eigenvalue weighted by Gasteiger charge is 2.67. The first-order valence-corrected chi connectivity index (χ1v) is 18.9. The Labute approximate surface area is 316 Å². The largest absolute Gasteiger partial charge is 0.444 e. The summed E-state index contributed by atoms with van der Waals surface area (Å²) in [5, 5.41) is 17.8. The molecule has 1 saturated carbocycles. The van der Waals surface area contributed by atoms with Gasteiger partial charge in [0, 0.05) is 57.1 Å². The molecule has 1 aromatic heterocycles. The lowest BCUT2D eigenvalue weighted by Crippen LogP contribution is -2.51. The molecule has 0 bridgehead atoms. The number of alkyl halides is 2. The van der Waals surface area contributed by atoms with Gasteiger partial charge in [-0.3, -0.25) is 19.8 Å². The Hall–Kier alpha value is -4.89. The highest BCUT2D eigenvalue weighted by molar-refractivity contribution is 7.10. The number of hydrogen-bond donors (Lipinski definition) is 5. The highest BCUT2D eigenvalue weighted by Crippen LogP contribution is 2.60. The molecule has 2 fully saturated rings. The van der Waals surface area contributed by atoms with Crippen LogP contribution in [0.25, 0.3) is 11.1 Å². The number of likely N-dealkylation sites (tertiary alicyclic amines) is 1. The van der Waals surface area contributed by atoms with Crippen LogP contribution in [0.3, 0.4) is 0 Å². The summed E-state index contributed by atoms with van der Waals surface area (Å²) in [6.07, 6.45) is 1.89. The number of thiophene rings is 1. The number of nitrogens with zero attached hydrogens (tertiary/aromatic N) is 1. The van der Waals surface area contributed by atoms with Crippen molar-refractivity contribution in [1.82, 2.24) is 20.9 Å². The summed E-state index contributed by atoms with van der Waals surface area (Å²) < 4.78 is 41.4. The van der Waals surface area contributed by atoms with Gasteiger partial charge in [0.1, 0.15) is 17.5 Å². The summed E-state index contributed by atoms with van der Waals surface area (Å²) in [4.78, 5) is 55.2. The number of rotatable bonds is 14. The smallest absolute Gasteiger partial charge is 0.407 e. The molecule has 0 radical (unpaired) electrons. The van der Waals surface area contributed by atoms with Gasteiger partial charge in [-0.1, -0.05) is 30.3 Å². The van der Waals surface area contributed by atoms with Crippen LogP contribution in [0, 0.1) is 10.8 Å². The number of nitrogens with two attached hydrogens (primary N) is 1. The second-order valence-corrected chi connectivity index (χ2v) is 16.2. The first-order chi connectivity index (χ1) is 25.5. The molecule has 4 amide bonds. The number of piperidine rings is 1. The van der Waals surface area contributed by atoms with Crippen LogP contribution in [-0.2, 0) is 25.0 Å². The number of alkyl carbamates (subject to hydrolysis) is 1. The van der Waals surface area contributed by atoms with Crippen molar-refractivity contribution in [3.8, 4) is 11.1 Å². The van der Waals surface area contributed by atoms with Crippen LogP contribution in [0.15, 0.2) is 53.9 Å². The Morgan fingerprint density at radius 2 is 1.76 bits per heavy atom. The van der Waals surface area contributed by atoms with Gasteiger partial charge in [-0.25, -0.2) is 4.79 Å². The normalized spacial score (nSPS) is 21.0. The van der Waals surface area contributed by atoms with E-state index < -0.39 is 53.5 Å². The third kappa shape index (κ3) is 8.11. The van der Waals surface area contributed by atoms with E-state index in [1.165, 1.54) is 35.6 Å². The molecule has 288 valence electrons. The number of amidine groups is 1. The first-order valence-electron chi connectivity index (χ1n) is 18.0. The number of carbonyl (C=O) groups excluding carboxylic acids is 4. The molecule has 3 aliphatic rings. The van der Waals surface area contributed by atoms with E-state index in [-0.39, 0.29) is 40.0 Å². The predicted molar refractivity (Wildman–Crippen MR) is 199 cm³/mol. The van der Waals surface area contributed by atoms with Gasteiger partial charge < -0.3 is 36.1 Å². The van der Waals surface area contributed by atoms with Gasteiger partial charge in [0.05, 0.1) is 19.2 Å². The van der Waals surface area contributed by atoms with Gasteiger partial charge in [-0.05, 0) is 82.7 Å². The molecule has 15 heteroatoms. The van der Waals surface area contributed by atoms with Crippen molar-refractivity contribution in [2.45, 2.75) is 83.0 Å². The zero-order valence-electron chi connectivity index (χ0n) is 30.7. The molecule has 6 rings (SSSR count). The number of carbonyl (C=O) groups is 4. The minimum atomic E-state index is -3.18. The molecule has 54 heavy (non-hydrogen) atoms. The molecule has 2 aromatic carbocycles. The van der Waals surface area contributed by atoms with Crippen LogP contribution in [0.4, 0.5) is 13.6 Å². The Morgan fingerprint density at radius 1 is 1.02 bits per heavy atom. The van der Waals surface area contributed by atoms with Crippen LogP contribution in [0.2, 0.25) is 0 Å². The fraction of sp³-hybridized carbons (Fsp3) is 0.462. The summed E-state index contributed by atoms with van der Waals surface area (Å²) in [5.74, 6) is -4.65. The number of hydrogen-bond acceptors (Lipinski definition) is 8. The van der Waals surface area contributed by atoms with E-state index >= 15 is 8.78 Å². The molecule has 12 nitrogen and oxygen atoms in total. The predicted octanol–water partition coefficient (Wildman–Crippen LogP) is 5.44. The van der Waals surface area contributed by atoms with E-state index in [2.05, 4.69) is 16.0 Å². The molecule has 2 heterocycles. The number of benzene rings is 2. The second kappa shape index (κ2) is 15.1. The Morgan fingerprint density at radius 3 is 2.48 bits per heavy atom. The quantitative estimate of drug-likeness (QED) is 0.0825. The summed E-state index contributed by atoms with van der Waals surface area (Å²) in [6, 6.07) is 10.4. The lowest BCUT2D eigenvalue weighted by molar-refractivity contribution is -0.139. The Kier molecular flexibility index (Phi) is 10.9. The van der Waals surface area contributed by atoms with E-state index in [1.54, 1.807) is 55.3 Å². The van der Waals surface area contributed by atoms with Gasteiger partial charge in [-0.2, -0.15) is 8.78 Å². The molecule has 4 atom stereocenters. The SMILES string of the molecule is C[C@@H](NC(=O)[C@@H]1C[C@]2(COCCCCNC(=O)OC(C)(C)C)C[C@@H]2N1C(=O)CNC(=O)c1ccc2c(c1)-c1ccccc1C2(F)F)c1cc(C(=N)N)cs1. The minimum Gasteiger partial charge on any atom is -0.444 e. The van der Waals surface area contributed by atoms with Crippen molar-refractivity contribution >= 4 is 41.0 Å². The molecule has 2 aliphatic carbocycles. The van der Waals surface area contributed by atoms with Gasteiger partial charge in [0.2, 0.25) is 11.8 Å². The third-order valence-electron chi connectivity index (χ3n) is 10.1. The lowest BCUT2D eigenvalue weighted by Gasteiger charge is -2.28. The molecule has 0 spiro atoms. The van der Waals surface area contributed by atoms with Crippen LogP contribution in [0.5, 0.6) is 0 Å². The van der Waals surface area contributed by atoms with E-state index in [9.17, 15) is 19.2 Å². The van der Waals surface area contributed by atoms with E-state index in [4.69, 9.17) is 20.6 Å². The van der Waals surface area contributed by atoms with Gasteiger partial charge in [0.15, 0.2) is 0 Å². The maximum absolute atomic E-state index is 15.1. The number of unbranched alkanes of at least 4 members (excludes halogenated alkanes) is 1. The van der Waals surface area contributed by atoms with E-state index in [0.717, 1.165) is 4.88 Å². The fourth-order valence-electron chi connectivity index (χ4n) is 7.30. The van der Waals surface area contributed by atoms with Crippen LogP contribution in [0.1, 0.15) is 91.3 Å².